The van der Waals surface area contributed by atoms with Crippen LogP contribution < -0.4 is 15.3 Å². The van der Waals surface area contributed by atoms with E-state index in [1.54, 1.807) is 11.7 Å². The number of anilines is 1. The number of aromatic nitrogens is 3. The van der Waals surface area contributed by atoms with Crippen LogP contribution in [0.15, 0.2) is 34.2 Å². The SMILES string of the molecule is COc1ccc(N2CCN(C(=O)CSc3n[nH]c(=O)n3CC3CCCO3)CC2)cc1. The number of carbonyl (C=O) groups excluding carboxylic acids is 1. The van der Waals surface area contributed by atoms with E-state index in [2.05, 4.69) is 15.1 Å². The average Bonchev–Trinajstić information content (AvgIpc) is 3.43. The maximum Gasteiger partial charge on any atom is 0.344 e. The molecule has 1 N–H and O–H groups in total. The van der Waals surface area contributed by atoms with Crippen LogP contribution in [-0.2, 0) is 16.1 Å². The number of aromatic amines is 1. The molecule has 2 aromatic rings. The highest BCUT2D eigenvalue weighted by Crippen LogP contribution is 2.22. The molecule has 1 atom stereocenters. The van der Waals surface area contributed by atoms with Gasteiger partial charge in [0.05, 0.1) is 25.5 Å². The van der Waals surface area contributed by atoms with Crippen molar-refractivity contribution in [1.29, 1.82) is 0 Å². The Hall–Kier alpha value is -2.46. The predicted molar refractivity (Wildman–Crippen MR) is 114 cm³/mol. The number of benzene rings is 1. The molecule has 1 unspecified atom stereocenters. The lowest BCUT2D eigenvalue weighted by atomic mass is 10.2. The first-order valence-corrected chi connectivity index (χ1v) is 11.2. The first-order chi connectivity index (χ1) is 14.6. The number of hydrogen-bond donors (Lipinski definition) is 1. The Balaban J connectivity index is 1.27. The van der Waals surface area contributed by atoms with Crippen molar-refractivity contribution in [3.05, 3.63) is 34.7 Å². The number of carbonyl (C=O) groups is 1. The minimum Gasteiger partial charge on any atom is -0.497 e. The Morgan fingerprint density at radius 2 is 2.03 bits per heavy atom. The topological polar surface area (TPSA) is 92.7 Å². The Labute approximate surface area is 179 Å². The van der Waals surface area contributed by atoms with Crippen molar-refractivity contribution in [3.63, 3.8) is 0 Å². The van der Waals surface area contributed by atoms with Gasteiger partial charge in [-0.15, -0.1) is 5.10 Å². The van der Waals surface area contributed by atoms with E-state index in [0.717, 1.165) is 44.0 Å². The van der Waals surface area contributed by atoms with E-state index in [9.17, 15) is 9.59 Å². The lowest BCUT2D eigenvalue weighted by Crippen LogP contribution is -2.49. The Bertz CT molecular complexity index is 899. The normalized spacial score (nSPS) is 19.3. The van der Waals surface area contributed by atoms with Crippen LogP contribution in [-0.4, -0.2) is 77.3 Å². The van der Waals surface area contributed by atoms with Crippen LogP contribution in [0.1, 0.15) is 12.8 Å². The zero-order valence-electron chi connectivity index (χ0n) is 17.1. The van der Waals surface area contributed by atoms with Gasteiger partial charge in [0.1, 0.15) is 5.75 Å². The van der Waals surface area contributed by atoms with Gasteiger partial charge in [-0.3, -0.25) is 9.36 Å². The summed E-state index contributed by atoms with van der Waals surface area (Å²) in [6.07, 6.45) is 2.00. The first kappa shape index (κ1) is 20.8. The number of nitrogens with one attached hydrogen (secondary N) is 1. The van der Waals surface area contributed by atoms with Gasteiger partial charge in [-0.25, -0.2) is 9.89 Å². The summed E-state index contributed by atoms with van der Waals surface area (Å²) in [5, 5.41) is 7.11. The largest absolute Gasteiger partial charge is 0.497 e. The molecule has 0 radical (unpaired) electrons. The van der Waals surface area contributed by atoms with Crippen LogP contribution in [0.3, 0.4) is 0 Å². The number of thioether (sulfide) groups is 1. The van der Waals surface area contributed by atoms with E-state index in [1.807, 2.05) is 29.2 Å². The fraction of sp³-hybridized carbons (Fsp3) is 0.550. The van der Waals surface area contributed by atoms with Crippen molar-refractivity contribution in [3.8, 4) is 5.75 Å². The van der Waals surface area contributed by atoms with Crippen molar-refractivity contribution in [1.82, 2.24) is 19.7 Å². The summed E-state index contributed by atoms with van der Waals surface area (Å²) < 4.78 is 12.4. The van der Waals surface area contributed by atoms with E-state index in [4.69, 9.17) is 9.47 Å². The number of methoxy groups -OCH3 is 1. The van der Waals surface area contributed by atoms with E-state index < -0.39 is 0 Å². The molecule has 1 aromatic carbocycles. The molecule has 2 aliphatic heterocycles. The summed E-state index contributed by atoms with van der Waals surface area (Å²) in [5.41, 5.74) is 0.875. The molecule has 4 rings (SSSR count). The first-order valence-electron chi connectivity index (χ1n) is 10.2. The predicted octanol–water partition coefficient (Wildman–Crippen LogP) is 1.20. The molecule has 9 nitrogen and oxygen atoms in total. The molecule has 0 bridgehead atoms. The second-order valence-corrected chi connectivity index (χ2v) is 8.35. The van der Waals surface area contributed by atoms with Crippen LogP contribution in [0.5, 0.6) is 5.75 Å². The highest BCUT2D eigenvalue weighted by Gasteiger charge is 2.23. The van der Waals surface area contributed by atoms with Crippen molar-refractivity contribution < 1.29 is 14.3 Å². The fourth-order valence-electron chi connectivity index (χ4n) is 3.79. The number of piperazine rings is 1. The number of ether oxygens (including phenoxy) is 2. The third-order valence-electron chi connectivity index (χ3n) is 5.53. The van der Waals surface area contributed by atoms with Gasteiger partial charge in [0.15, 0.2) is 5.16 Å². The van der Waals surface area contributed by atoms with Gasteiger partial charge in [0.25, 0.3) is 0 Å². The molecule has 2 aliphatic rings. The Kier molecular flexibility index (Phi) is 6.63. The van der Waals surface area contributed by atoms with Crippen LogP contribution in [0.25, 0.3) is 0 Å². The summed E-state index contributed by atoms with van der Waals surface area (Å²) in [4.78, 5) is 28.9. The van der Waals surface area contributed by atoms with E-state index in [0.29, 0.717) is 24.8 Å². The molecule has 1 amide bonds. The molecule has 2 saturated heterocycles. The third-order valence-corrected chi connectivity index (χ3v) is 6.49. The molecule has 3 heterocycles. The van der Waals surface area contributed by atoms with E-state index in [-0.39, 0.29) is 23.5 Å². The summed E-state index contributed by atoms with van der Waals surface area (Å²) in [7, 11) is 1.66. The number of nitrogens with zero attached hydrogens (tertiary/aromatic N) is 4. The molecular formula is C20H27N5O4S. The Morgan fingerprint density at radius 3 is 2.70 bits per heavy atom. The van der Waals surface area contributed by atoms with Crippen molar-refractivity contribution >= 4 is 23.4 Å². The zero-order valence-corrected chi connectivity index (χ0v) is 17.9. The summed E-state index contributed by atoms with van der Waals surface area (Å²) >= 11 is 1.30. The molecule has 162 valence electrons. The quantitative estimate of drug-likeness (QED) is 0.656. The zero-order chi connectivity index (χ0) is 20.9. The summed E-state index contributed by atoms with van der Waals surface area (Å²) in [5.74, 6) is 1.16. The van der Waals surface area contributed by atoms with E-state index in [1.165, 1.54) is 11.8 Å². The van der Waals surface area contributed by atoms with Crippen LogP contribution in [0, 0.1) is 0 Å². The number of H-pyrrole nitrogens is 1. The highest BCUT2D eigenvalue weighted by atomic mass is 32.2. The lowest BCUT2D eigenvalue weighted by Gasteiger charge is -2.36. The van der Waals surface area contributed by atoms with E-state index >= 15 is 0 Å². The summed E-state index contributed by atoms with van der Waals surface area (Å²) in [6.45, 7) is 4.14. The van der Waals surface area contributed by atoms with Crippen molar-refractivity contribution in [2.45, 2.75) is 30.6 Å². The molecule has 0 saturated carbocycles. The van der Waals surface area contributed by atoms with Gasteiger partial charge in [0, 0.05) is 38.5 Å². The van der Waals surface area contributed by atoms with Crippen molar-refractivity contribution in [2.75, 3.05) is 50.5 Å². The molecule has 0 spiro atoms. The van der Waals surface area contributed by atoms with Gasteiger partial charge in [0.2, 0.25) is 5.91 Å². The van der Waals surface area contributed by atoms with Gasteiger partial charge in [-0.1, -0.05) is 11.8 Å². The van der Waals surface area contributed by atoms with Gasteiger partial charge >= 0.3 is 5.69 Å². The summed E-state index contributed by atoms with van der Waals surface area (Å²) in [6, 6.07) is 7.97. The molecular weight excluding hydrogens is 406 g/mol. The van der Waals surface area contributed by atoms with Crippen LogP contribution in [0.4, 0.5) is 5.69 Å². The highest BCUT2D eigenvalue weighted by molar-refractivity contribution is 7.99. The van der Waals surface area contributed by atoms with Gasteiger partial charge < -0.3 is 19.3 Å². The average molecular weight is 434 g/mol. The standard InChI is InChI=1S/C20H27N5O4S/c1-28-16-6-4-15(5-7-16)23-8-10-24(11-9-23)18(26)14-30-20-22-21-19(27)25(20)13-17-3-2-12-29-17/h4-7,17H,2-3,8-14H2,1H3,(H,21,27). The number of hydrogen-bond acceptors (Lipinski definition) is 7. The monoisotopic (exact) mass is 433 g/mol. The third kappa shape index (κ3) is 4.81. The lowest BCUT2D eigenvalue weighted by molar-refractivity contribution is -0.128. The minimum atomic E-state index is -0.256. The fourth-order valence-corrected chi connectivity index (χ4v) is 4.65. The second kappa shape index (κ2) is 9.57. The minimum absolute atomic E-state index is 0.0429. The van der Waals surface area contributed by atoms with Crippen LogP contribution in [0.2, 0.25) is 0 Å². The number of amides is 1. The molecule has 10 heteroatoms. The molecule has 0 aliphatic carbocycles. The van der Waals surface area contributed by atoms with Crippen molar-refractivity contribution in [2.24, 2.45) is 0 Å². The maximum absolute atomic E-state index is 12.7. The Morgan fingerprint density at radius 1 is 1.27 bits per heavy atom. The molecule has 30 heavy (non-hydrogen) atoms. The van der Waals surface area contributed by atoms with Crippen LogP contribution >= 0.6 is 11.8 Å². The molecule has 1 aromatic heterocycles. The maximum atomic E-state index is 12.7. The second-order valence-electron chi connectivity index (χ2n) is 7.41. The smallest absolute Gasteiger partial charge is 0.344 e. The van der Waals surface area contributed by atoms with Gasteiger partial charge in [-0.2, -0.15) is 0 Å². The molecule has 2 fully saturated rings. The van der Waals surface area contributed by atoms with Gasteiger partial charge in [-0.05, 0) is 37.1 Å². The number of rotatable bonds is 7.